The number of nitrogens with two attached hydrogens (primary N) is 2. The maximum absolute atomic E-state index is 5.40. The van der Waals surface area contributed by atoms with Crippen LogP contribution in [0, 0.1) is 0 Å². The van der Waals surface area contributed by atoms with E-state index < -0.39 is 0 Å². The van der Waals surface area contributed by atoms with Crippen LogP contribution in [0.2, 0.25) is 0 Å². The number of benzene rings is 1. The molecule has 0 aliphatic heterocycles. The molecule has 1 unspecified atom stereocenters. The van der Waals surface area contributed by atoms with E-state index in [0.29, 0.717) is 18.5 Å². The highest BCUT2D eigenvalue weighted by molar-refractivity contribution is 5.93. The van der Waals surface area contributed by atoms with Crippen molar-refractivity contribution in [2.45, 2.75) is 32.7 Å². The fraction of sp³-hybridized carbons (Fsp3) is 0.429. The predicted octanol–water partition coefficient (Wildman–Crippen LogP) is 1.67. The molecule has 20 heavy (non-hydrogen) atoms. The number of hydrogen-bond donors (Lipinski definition) is 3. The van der Waals surface area contributed by atoms with Crippen LogP contribution in [-0.4, -0.2) is 24.5 Å². The Balaban J connectivity index is 0.00000361. The second-order valence-corrected chi connectivity index (χ2v) is 4.43. The molecule has 0 saturated carbocycles. The van der Waals surface area contributed by atoms with Crippen LogP contribution in [0.15, 0.2) is 40.3 Å². The van der Waals surface area contributed by atoms with Crippen LogP contribution in [0.25, 0.3) is 0 Å². The van der Waals surface area contributed by atoms with Crippen LogP contribution in [0.1, 0.15) is 25.8 Å². The van der Waals surface area contributed by atoms with Gasteiger partial charge in [-0.1, -0.05) is 37.3 Å². The van der Waals surface area contributed by atoms with Crippen LogP contribution in [-0.2, 0) is 6.42 Å². The van der Waals surface area contributed by atoms with Gasteiger partial charge >= 0.3 is 0 Å². The smallest absolute Gasteiger partial charge is 0.221 e. The summed E-state index contributed by atoms with van der Waals surface area (Å²) < 4.78 is 0. The fourth-order valence-electron chi connectivity index (χ4n) is 1.49. The Morgan fingerprint density at radius 2 is 1.90 bits per heavy atom. The van der Waals surface area contributed by atoms with Crippen molar-refractivity contribution in [3.05, 3.63) is 35.9 Å². The van der Waals surface area contributed by atoms with Gasteiger partial charge in [-0.25, -0.2) is 0 Å². The molecule has 1 aromatic rings. The monoisotopic (exact) mass is 297 g/mol. The van der Waals surface area contributed by atoms with Gasteiger partial charge in [-0.05, 0) is 25.3 Å². The molecule has 1 aromatic carbocycles. The molecule has 0 spiro atoms. The lowest BCUT2D eigenvalue weighted by Gasteiger charge is -2.12. The zero-order chi connectivity index (χ0) is 14.1. The van der Waals surface area contributed by atoms with Gasteiger partial charge in [-0.15, -0.1) is 12.4 Å². The van der Waals surface area contributed by atoms with Gasteiger partial charge in [0.1, 0.15) is 0 Å². The first-order chi connectivity index (χ1) is 9.11. The largest absolute Gasteiger partial charge is 0.370 e. The van der Waals surface area contributed by atoms with Crippen LogP contribution in [0.4, 0.5) is 0 Å². The minimum absolute atomic E-state index is 0. The summed E-state index contributed by atoms with van der Waals surface area (Å²) in [7, 11) is 0. The molecule has 0 aliphatic rings. The molecule has 0 radical (unpaired) electrons. The van der Waals surface area contributed by atoms with E-state index >= 15 is 0 Å². The molecule has 0 amide bonds. The molecular formula is C14H24ClN5. The van der Waals surface area contributed by atoms with E-state index in [-0.39, 0.29) is 18.4 Å². The predicted molar refractivity (Wildman–Crippen MR) is 88.4 cm³/mol. The topological polar surface area (TPSA) is 88.8 Å². The van der Waals surface area contributed by atoms with Gasteiger partial charge in [0.2, 0.25) is 5.96 Å². The van der Waals surface area contributed by atoms with Crippen molar-refractivity contribution in [2.24, 2.45) is 21.5 Å². The Morgan fingerprint density at radius 1 is 1.25 bits per heavy atom. The minimum atomic E-state index is 0. The van der Waals surface area contributed by atoms with Gasteiger partial charge in [-0.3, -0.25) is 4.99 Å². The molecule has 6 heteroatoms. The third-order valence-corrected chi connectivity index (χ3v) is 2.73. The summed E-state index contributed by atoms with van der Waals surface area (Å²) in [6, 6.07) is 10.5. The van der Waals surface area contributed by atoms with E-state index in [1.54, 1.807) is 0 Å². The van der Waals surface area contributed by atoms with Crippen molar-refractivity contribution >= 4 is 24.3 Å². The molecule has 5 nitrogen and oxygen atoms in total. The average Bonchev–Trinajstić information content (AvgIpc) is 2.39. The van der Waals surface area contributed by atoms with Gasteiger partial charge < -0.3 is 16.8 Å². The summed E-state index contributed by atoms with van der Waals surface area (Å²) in [6.07, 6.45) is 1.85. The molecule has 0 saturated heterocycles. The Hall–Kier alpha value is -1.75. The van der Waals surface area contributed by atoms with Crippen molar-refractivity contribution in [1.82, 2.24) is 5.32 Å². The van der Waals surface area contributed by atoms with Crippen molar-refractivity contribution in [3.63, 3.8) is 0 Å². The SMILES string of the molecule is CCC(C)NC(N=C(N)N)=NCCc1ccccc1.Cl. The number of hydrogen-bond acceptors (Lipinski definition) is 1. The summed E-state index contributed by atoms with van der Waals surface area (Å²) in [6.45, 7) is 4.81. The van der Waals surface area contributed by atoms with Crippen molar-refractivity contribution in [2.75, 3.05) is 6.54 Å². The van der Waals surface area contributed by atoms with E-state index in [4.69, 9.17) is 11.5 Å². The van der Waals surface area contributed by atoms with Gasteiger partial charge in [-0.2, -0.15) is 4.99 Å². The van der Waals surface area contributed by atoms with E-state index in [0.717, 1.165) is 12.8 Å². The summed E-state index contributed by atoms with van der Waals surface area (Å²) in [5, 5.41) is 3.19. The van der Waals surface area contributed by atoms with Crippen molar-refractivity contribution in [1.29, 1.82) is 0 Å². The summed E-state index contributed by atoms with van der Waals surface area (Å²) in [5.41, 5.74) is 12.0. The Bertz CT molecular complexity index is 426. The van der Waals surface area contributed by atoms with Gasteiger partial charge in [0.25, 0.3) is 0 Å². The zero-order valence-corrected chi connectivity index (χ0v) is 12.9. The first-order valence-electron chi connectivity index (χ1n) is 6.56. The fourth-order valence-corrected chi connectivity index (χ4v) is 1.49. The Labute approximate surface area is 127 Å². The normalized spacial score (nSPS) is 12.2. The molecule has 0 aliphatic carbocycles. The van der Waals surface area contributed by atoms with Crippen LogP contribution >= 0.6 is 12.4 Å². The molecule has 0 heterocycles. The summed E-state index contributed by atoms with van der Waals surface area (Å²) in [5.74, 6) is 0.527. The third kappa shape index (κ3) is 7.63. The second kappa shape index (κ2) is 10.1. The number of aliphatic imine (C=N–C) groups is 2. The number of nitrogens with one attached hydrogen (secondary N) is 1. The highest BCUT2D eigenvalue weighted by atomic mass is 35.5. The van der Waals surface area contributed by atoms with Gasteiger partial charge in [0.05, 0.1) is 0 Å². The molecule has 0 fully saturated rings. The molecule has 0 bridgehead atoms. The molecule has 0 aromatic heterocycles. The van der Waals surface area contributed by atoms with Crippen LogP contribution < -0.4 is 16.8 Å². The Morgan fingerprint density at radius 3 is 2.45 bits per heavy atom. The Kier molecular flexibility index (Phi) is 9.20. The van der Waals surface area contributed by atoms with Crippen molar-refractivity contribution in [3.8, 4) is 0 Å². The standard InChI is InChI=1S/C14H23N5.ClH/c1-3-11(2)18-14(19-13(15)16)17-10-9-12-7-5-4-6-8-12;/h4-8,11H,3,9-10H2,1-2H3,(H5,15,16,17,18,19);1H. The quantitative estimate of drug-likeness (QED) is 0.570. The molecule has 1 rings (SSSR count). The lowest BCUT2D eigenvalue weighted by molar-refractivity contribution is 0.636. The van der Waals surface area contributed by atoms with E-state index in [2.05, 4.69) is 41.3 Å². The maximum atomic E-state index is 5.40. The number of rotatable bonds is 5. The van der Waals surface area contributed by atoms with Crippen molar-refractivity contribution < 1.29 is 0 Å². The first kappa shape index (κ1) is 18.2. The number of halogens is 1. The summed E-state index contributed by atoms with van der Waals surface area (Å²) in [4.78, 5) is 8.41. The van der Waals surface area contributed by atoms with E-state index in [1.807, 2.05) is 18.2 Å². The van der Waals surface area contributed by atoms with Crippen LogP contribution in [0.3, 0.4) is 0 Å². The maximum Gasteiger partial charge on any atom is 0.221 e. The molecule has 5 N–H and O–H groups in total. The minimum Gasteiger partial charge on any atom is -0.370 e. The van der Waals surface area contributed by atoms with E-state index in [1.165, 1.54) is 5.56 Å². The second-order valence-electron chi connectivity index (χ2n) is 4.43. The van der Waals surface area contributed by atoms with Crippen LogP contribution in [0.5, 0.6) is 0 Å². The zero-order valence-electron chi connectivity index (χ0n) is 12.0. The lowest BCUT2D eigenvalue weighted by atomic mass is 10.2. The highest BCUT2D eigenvalue weighted by Gasteiger charge is 2.02. The number of guanidine groups is 2. The van der Waals surface area contributed by atoms with Gasteiger partial charge in [0.15, 0.2) is 5.96 Å². The summed E-state index contributed by atoms with van der Waals surface area (Å²) >= 11 is 0. The van der Waals surface area contributed by atoms with Gasteiger partial charge in [0, 0.05) is 12.6 Å². The molecule has 1 atom stereocenters. The first-order valence-corrected chi connectivity index (χ1v) is 6.56. The third-order valence-electron chi connectivity index (χ3n) is 2.73. The molecular weight excluding hydrogens is 274 g/mol. The average molecular weight is 298 g/mol. The number of nitrogens with zero attached hydrogens (tertiary/aromatic N) is 2. The molecule has 112 valence electrons. The highest BCUT2D eigenvalue weighted by Crippen LogP contribution is 1.99. The van der Waals surface area contributed by atoms with E-state index in [9.17, 15) is 0 Å². The lowest BCUT2D eigenvalue weighted by Crippen LogP contribution is -2.34.